The number of pyridine rings is 2. The molecule has 1 aliphatic rings. The maximum Gasteiger partial charge on any atom is 0.408 e. The molecule has 0 radical (unpaired) electrons. The molecule has 10 heteroatoms. The molecule has 0 bridgehead atoms. The lowest BCUT2D eigenvalue weighted by Gasteiger charge is -2.38. The van der Waals surface area contributed by atoms with Crippen molar-refractivity contribution in [3.8, 4) is 11.1 Å². The fraction of sp³-hybridized carbons (Fsp3) is 0.364. The number of aryl methyl sites for hydroxylation is 1. The Morgan fingerprint density at radius 1 is 1.31 bits per heavy atom. The fourth-order valence-corrected chi connectivity index (χ4v) is 3.78. The van der Waals surface area contributed by atoms with Crippen molar-refractivity contribution in [2.45, 2.75) is 45.3 Å². The van der Waals surface area contributed by atoms with Gasteiger partial charge < -0.3 is 26.7 Å². The average Bonchev–Trinajstić information content (AvgIpc) is 2.73. The van der Waals surface area contributed by atoms with Gasteiger partial charge in [0.05, 0.1) is 0 Å². The van der Waals surface area contributed by atoms with Crippen LogP contribution in [0.5, 0.6) is 0 Å². The molecule has 1 atom stereocenters. The molecule has 2 aromatic heterocycles. The molecule has 172 valence electrons. The number of alkyl halides is 3. The summed E-state index contributed by atoms with van der Waals surface area (Å²) in [5.41, 5.74) is 13.6. The van der Waals surface area contributed by atoms with Crippen LogP contribution >= 0.6 is 0 Å². The zero-order chi connectivity index (χ0) is 23.5. The number of anilines is 2. The van der Waals surface area contributed by atoms with Gasteiger partial charge in [-0.3, -0.25) is 4.79 Å². The summed E-state index contributed by atoms with van der Waals surface area (Å²) in [6.07, 6.45) is 1.41. The first-order chi connectivity index (χ1) is 15.1. The number of piperidine rings is 1. The summed E-state index contributed by atoms with van der Waals surface area (Å²) in [5, 5.41) is 2.95. The van der Waals surface area contributed by atoms with Crippen molar-refractivity contribution >= 4 is 11.6 Å². The monoisotopic (exact) mass is 448 g/mol. The summed E-state index contributed by atoms with van der Waals surface area (Å²) >= 11 is 0. The SMILES string of the molecule is CC(=C/N)/C=C(\N)Nc1cc(-c2cc(N3CCCCC3C(F)(F)F)[nH]c(=O)c2)c(C)cn1. The number of nitrogens with zero attached hydrogens (tertiary/aromatic N) is 2. The molecule has 3 heterocycles. The molecule has 1 saturated heterocycles. The van der Waals surface area contributed by atoms with Crippen LogP contribution in [0, 0.1) is 6.92 Å². The highest BCUT2D eigenvalue weighted by Gasteiger charge is 2.45. The smallest absolute Gasteiger partial charge is 0.404 e. The van der Waals surface area contributed by atoms with Gasteiger partial charge in [0.25, 0.3) is 0 Å². The van der Waals surface area contributed by atoms with E-state index in [-0.39, 0.29) is 18.8 Å². The minimum atomic E-state index is -4.38. The van der Waals surface area contributed by atoms with Gasteiger partial charge in [0, 0.05) is 18.8 Å². The minimum Gasteiger partial charge on any atom is -0.404 e. The predicted molar refractivity (Wildman–Crippen MR) is 120 cm³/mol. The Morgan fingerprint density at radius 2 is 2.06 bits per heavy atom. The molecule has 3 rings (SSSR count). The molecule has 1 unspecified atom stereocenters. The second-order valence-corrected chi connectivity index (χ2v) is 7.88. The third-order valence-corrected chi connectivity index (χ3v) is 5.35. The van der Waals surface area contributed by atoms with Crippen LogP contribution in [0.4, 0.5) is 24.8 Å². The summed E-state index contributed by atoms with van der Waals surface area (Å²) in [4.78, 5) is 20.5. The first-order valence-electron chi connectivity index (χ1n) is 10.3. The van der Waals surface area contributed by atoms with Gasteiger partial charge in [0.1, 0.15) is 23.5 Å². The second-order valence-electron chi connectivity index (χ2n) is 7.88. The van der Waals surface area contributed by atoms with Gasteiger partial charge >= 0.3 is 6.18 Å². The van der Waals surface area contributed by atoms with E-state index in [1.54, 1.807) is 31.3 Å². The lowest BCUT2D eigenvalue weighted by Crippen LogP contribution is -2.49. The number of hydrogen-bond donors (Lipinski definition) is 4. The number of halogens is 3. The van der Waals surface area contributed by atoms with Crippen LogP contribution < -0.4 is 27.2 Å². The van der Waals surface area contributed by atoms with Crippen LogP contribution in [0.3, 0.4) is 0 Å². The average molecular weight is 448 g/mol. The molecule has 0 spiro atoms. The second kappa shape index (κ2) is 9.37. The molecule has 2 aromatic rings. The maximum absolute atomic E-state index is 13.6. The van der Waals surface area contributed by atoms with E-state index in [2.05, 4.69) is 15.3 Å². The third kappa shape index (κ3) is 5.43. The minimum absolute atomic E-state index is 0.000383. The van der Waals surface area contributed by atoms with Crippen molar-refractivity contribution in [1.29, 1.82) is 0 Å². The van der Waals surface area contributed by atoms with Gasteiger partial charge in [-0.15, -0.1) is 0 Å². The predicted octanol–water partition coefficient (Wildman–Crippen LogP) is 3.74. The molecule has 6 N–H and O–H groups in total. The van der Waals surface area contributed by atoms with Crippen molar-refractivity contribution in [2.75, 3.05) is 16.8 Å². The molecule has 1 aliphatic heterocycles. The Bertz CT molecular complexity index is 1090. The summed E-state index contributed by atoms with van der Waals surface area (Å²) in [6.45, 7) is 3.82. The largest absolute Gasteiger partial charge is 0.408 e. The van der Waals surface area contributed by atoms with Gasteiger partial charge in [0.15, 0.2) is 0 Å². The van der Waals surface area contributed by atoms with Gasteiger partial charge in [-0.05, 0) is 79.8 Å². The van der Waals surface area contributed by atoms with Gasteiger partial charge in [-0.1, -0.05) is 0 Å². The van der Waals surface area contributed by atoms with Crippen molar-refractivity contribution in [1.82, 2.24) is 9.97 Å². The molecule has 0 aromatic carbocycles. The molecule has 0 amide bonds. The molecule has 1 fully saturated rings. The number of rotatable bonds is 5. The quantitative estimate of drug-likeness (QED) is 0.519. The first kappa shape index (κ1) is 23.2. The fourth-order valence-electron chi connectivity index (χ4n) is 3.78. The van der Waals surface area contributed by atoms with Crippen molar-refractivity contribution in [3.63, 3.8) is 0 Å². The summed E-state index contributed by atoms with van der Waals surface area (Å²) in [6, 6.07) is 3.02. The number of hydrogen-bond acceptors (Lipinski definition) is 6. The van der Waals surface area contributed by atoms with Gasteiger partial charge in [0.2, 0.25) is 5.56 Å². The Balaban J connectivity index is 1.99. The van der Waals surface area contributed by atoms with Gasteiger partial charge in [-0.25, -0.2) is 4.98 Å². The zero-order valence-corrected chi connectivity index (χ0v) is 18.0. The van der Waals surface area contributed by atoms with Crippen LogP contribution in [0.15, 0.2) is 52.9 Å². The third-order valence-electron chi connectivity index (χ3n) is 5.35. The van der Waals surface area contributed by atoms with E-state index < -0.39 is 17.8 Å². The van der Waals surface area contributed by atoms with Crippen LogP contribution in [-0.4, -0.2) is 28.7 Å². The van der Waals surface area contributed by atoms with Crippen molar-refractivity contribution in [2.24, 2.45) is 11.5 Å². The topological polar surface area (TPSA) is 113 Å². The highest BCUT2D eigenvalue weighted by molar-refractivity contribution is 5.72. The molecular formula is C22H27F3N6O. The normalized spacial score (nSPS) is 18.0. The van der Waals surface area contributed by atoms with Crippen LogP contribution in [0.2, 0.25) is 0 Å². The van der Waals surface area contributed by atoms with Crippen LogP contribution in [-0.2, 0) is 0 Å². The highest BCUT2D eigenvalue weighted by atomic mass is 19.4. The van der Waals surface area contributed by atoms with Gasteiger partial charge in [-0.2, -0.15) is 13.2 Å². The maximum atomic E-state index is 13.6. The van der Waals surface area contributed by atoms with Crippen molar-refractivity contribution < 1.29 is 13.2 Å². The standard InChI is InChI=1S/C22H27F3N6O/c1-13(11-26)7-18(27)29-19-10-16(14(2)12-28-19)15-8-20(30-21(32)9-15)31-6-4-3-5-17(31)22(23,24)25/h7-12,17H,3-6,26-27H2,1-2H3,(H,28,29)(H,30,32)/b13-11-,18-7+. The lowest BCUT2D eigenvalue weighted by atomic mass is 10.00. The molecular weight excluding hydrogens is 421 g/mol. The van der Waals surface area contributed by atoms with E-state index in [1.807, 2.05) is 6.92 Å². The summed E-state index contributed by atoms with van der Waals surface area (Å²) < 4.78 is 40.7. The number of H-pyrrole nitrogens is 1. The van der Waals surface area contributed by atoms with E-state index in [9.17, 15) is 18.0 Å². The molecule has 0 saturated carbocycles. The van der Waals surface area contributed by atoms with Crippen LogP contribution in [0.25, 0.3) is 11.1 Å². The summed E-state index contributed by atoms with van der Waals surface area (Å²) in [5.74, 6) is 0.903. The summed E-state index contributed by atoms with van der Waals surface area (Å²) in [7, 11) is 0. The van der Waals surface area contributed by atoms with E-state index in [0.717, 1.165) is 11.1 Å². The number of nitrogens with one attached hydrogen (secondary N) is 2. The Hall–Kier alpha value is -3.43. The van der Waals surface area contributed by atoms with Crippen molar-refractivity contribution in [3.05, 3.63) is 64.0 Å². The lowest BCUT2D eigenvalue weighted by molar-refractivity contribution is -0.152. The van der Waals surface area contributed by atoms with E-state index in [4.69, 9.17) is 11.5 Å². The van der Waals surface area contributed by atoms with E-state index in [1.165, 1.54) is 17.2 Å². The number of aromatic nitrogens is 2. The first-order valence-corrected chi connectivity index (χ1v) is 10.3. The molecule has 32 heavy (non-hydrogen) atoms. The highest BCUT2D eigenvalue weighted by Crippen LogP contribution is 2.35. The Labute approximate surface area is 184 Å². The molecule has 0 aliphatic carbocycles. The zero-order valence-electron chi connectivity index (χ0n) is 18.0. The van der Waals surface area contributed by atoms with Crippen LogP contribution in [0.1, 0.15) is 31.7 Å². The number of aromatic amines is 1. The Kier molecular flexibility index (Phi) is 6.81. The number of nitrogens with two attached hydrogens (primary N) is 2. The number of allylic oxidation sites excluding steroid dienone is 2. The van der Waals surface area contributed by atoms with E-state index >= 15 is 0 Å². The Morgan fingerprint density at radius 3 is 2.75 bits per heavy atom. The molecule has 7 nitrogen and oxygen atoms in total. The van der Waals surface area contributed by atoms with E-state index in [0.29, 0.717) is 35.6 Å².